The SMILES string of the molecule is Cc1nc2cc(-c3ccccc3)nn2c(C(C)C)c1CO. The van der Waals surface area contributed by atoms with Crippen molar-refractivity contribution in [3.8, 4) is 11.3 Å². The van der Waals surface area contributed by atoms with Crippen LogP contribution in [0.3, 0.4) is 0 Å². The van der Waals surface area contributed by atoms with E-state index in [-0.39, 0.29) is 12.5 Å². The first kappa shape index (κ1) is 13.8. The lowest BCUT2D eigenvalue weighted by atomic mass is 10.0. The van der Waals surface area contributed by atoms with E-state index in [0.29, 0.717) is 0 Å². The molecule has 0 aliphatic heterocycles. The number of rotatable bonds is 3. The Morgan fingerprint density at radius 1 is 1.19 bits per heavy atom. The quantitative estimate of drug-likeness (QED) is 0.801. The summed E-state index contributed by atoms with van der Waals surface area (Å²) in [6, 6.07) is 12.1. The van der Waals surface area contributed by atoms with E-state index in [1.165, 1.54) is 0 Å². The minimum Gasteiger partial charge on any atom is -0.392 e. The molecular formula is C17H19N3O. The van der Waals surface area contributed by atoms with Crippen molar-refractivity contribution in [2.24, 2.45) is 0 Å². The molecule has 4 heteroatoms. The molecule has 0 radical (unpaired) electrons. The number of benzene rings is 1. The summed E-state index contributed by atoms with van der Waals surface area (Å²) in [4.78, 5) is 4.58. The van der Waals surface area contributed by atoms with Gasteiger partial charge in [-0.2, -0.15) is 5.10 Å². The second-order valence-corrected chi connectivity index (χ2v) is 5.54. The average Bonchev–Trinajstić information content (AvgIpc) is 2.89. The van der Waals surface area contributed by atoms with Gasteiger partial charge in [0.15, 0.2) is 5.65 Å². The second kappa shape index (κ2) is 5.30. The zero-order valence-corrected chi connectivity index (χ0v) is 12.5. The molecule has 2 heterocycles. The van der Waals surface area contributed by atoms with Crippen LogP contribution in [0.15, 0.2) is 36.4 Å². The van der Waals surface area contributed by atoms with Crippen LogP contribution in [0.25, 0.3) is 16.9 Å². The lowest BCUT2D eigenvalue weighted by Gasteiger charge is -2.14. The van der Waals surface area contributed by atoms with E-state index in [0.717, 1.165) is 33.9 Å². The van der Waals surface area contributed by atoms with Gasteiger partial charge in [-0.3, -0.25) is 0 Å². The highest BCUT2D eigenvalue weighted by Crippen LogP contribution is 2.26. The van der Waals surface area contributed by atoms with E-state index >= 15 is 0 Å². The predicted octanol–water partition coefficient (Wildman–Crippen LogP) is 3.32. The molecule has 0 bridgehead atoms. The van der Waals surface area contributed by atoms with Crippen LogP contribution < -0.4 is 0 Å². The molecule has 0 atom stereocenters. The monoisotopic (exact) mass is 281 g/mol. The van der Waals surface area contributed by atoms with Gasteiger partial charge in [-0.25, -0.2) is 9.50 Å². The van der Waals surface area contributed by atoms with Crippen molar-refractivity contribution in [2.45, 2.75) is 33.3 Å². The fourth-order valence-electron chi connectivity index (χ4n) is 2.72. The molecule has 0 amide bonds. The van der Waals surface area contributed by atoms with Crippen molar-refractivity contribution in [3.05, 3.63) is 53.3 Å². The molecule has 0 aliphatic carbocycles. The molecule has 0 saturated heterocycles. The molecule has 0 saturated carbocycles. The maximum atomic E-state index is 9.65. The average molecular weight is 281 g/mol. The van der Waals surface area contributed by atoms with Gasteiger partial charge in [-0.1, -0.05) is 44.2 Å². The lowest BCUT2D eigenvalue weighted by Crippen LogP contribution is -2.10. The largest absolute Gasteiger partial charge is 0.392 e. The van der Waals surface area contributed by atoms with Crippen molar-refractivity contribution >= 4 is 5.65 Å². The first-order valence-electron chi connectivity index (χ1n) is 7.17. The van der Waals surface area contributed by atoms with E-state index in [1.54, 1.807) is 0 Å². The summed E-state index contributed by atoms with van der Waals surface area (Å²) in [5.41, 5.74) is 5.57. The Morgan fingerprint density at radius 2 is 1.90 bits per heavy atom. The van der Waals surface area contributed by atoms with Gasteiger partial charge >= 0.3 is 0 Å². The standard InChI is InChI=1S/C17H19N3O/c1-11(2)17-14(10-21)12(3)18-16-9-15(19-20(16)17)13-7-5-4-6-8-13/h4-9,11,21H,10H2,1-3H3. The third-order valence-electron chi connectivity index (χ3n) is 3.72. The van der Waals surface area contributed by atoms with Gasteiger partial charge in [0.05, 0.1) is 18.0 Å². The van der Waals surface area contributed by atoms with Crippen molar-refractivity contribution < 1.29 is 5.11 Å². The van der Waals surface area contributed by atoms with Gasteiger partial charge < -0.3 is 5.11 Å². The molecule has 1 N–H and O–H groups in total. The van der Waals surface area contributed by atoms with Crippen molar-refractivity contribution in [2.75, 3.05) is 0 Å². The Balaban J connectivity index is 2.29. The summed E-state index contributed by atoms with van der Waals surface area (Å²) in [5, 5.41) is 14.3. The first-order valence-corrected chi connectivity index (χ1v) is 7.17. The van der Waals surface area contributed by atoms with Gasteiger partial charge in [0.25, 0.3) is 0 Å². The molecule has 0 spiro atoms. The Labute approximate surface area is 124 Å². The summed E-state index contributed by atoms with van der Waals surface area (Å²) in [6.45, 7) is 6.14. The van der Waals surface area contributed by atoms with E-state index < -0.39 is 0 Å². The van der Waals surface area contributed by atoms with Gasteiger partial charge in [0, 0.05) is 22.9 Å². The number of aryl methyl sites for hydroxylation is 1. The highest BCUT2D eigenvalue weighted by atomic mass is 16.3. The van der Waals surface area contributed by atoms with Crippen LogP contribution in [-0.2, 0) is 6.61 Å². The minimum atomic E-state index is -0.0111. The fraction of sp³-hybridized carbons (Fsp3) is 0.294. The Kier molecular flexibility index (Phi) is 3.47. The number of hydrogen-bond acceptors (Lipinski definition) is 3. The second-order valence-electron chi connectivity index (χ2n) is 5.54. The van der Waals surface area contributed by atoms with Crippen molar-refractivity contribution in [1.29, 1.82) is 0 Å². The maximum Gasteiger partial charge on any atom is 0.156 e. The topological polar surface area (TPSA) is 50.4 Å². The number of hydrogen-bond donors (Lipinski definition) is 1. The normalized spacial score (nSPS) is 11.5. The number of nitrogens with zero attached hydrogens (tertiary/aromatic N) is 3. The van der Waals surface area contributed by atoms with Crippen LogP contribution in [0.2, 0.25) is 0 Å². The van der Waals surface area contributed by atoms with E-state index in [1.807, 2.05) is 47.8 Å². The van der Waals surface area contributed by atoms with Gasteiger partial charge in [-0.05, 0) is 12.8 Å². The third-order valence-corrected chi connectivity index (χ3v) is 3.72. The minimum absolute atomic E-state index is 0.0111. The predicted molar refractivity (Wildman–Crippen MR) is 83.2 cm³/mol. The molecule has 1 aromatic carbocycles. The highest BCUT2D eigenvalue weighted by Gasteiger charge is 2.17. The van der Waals surface area contributed by atoms with Gasteiger partial charge in [0.2, 0.25) is 0 Å². The van der Waals surface area contributed by atoms with Gasteiger partial charge in [-0.15, -0.1) is 0 Å². The Bertz CT molecular complexity index is 776. The molecule has 2 aromatic heterocycles. The van der Waals surface area contributed by atoms with Crippen LogP contribution in [0, 0.1) is 6.92 Å². The summed E-state index contributed by atoms with van der Waals surface area (Å²) in [7, 11) is 0. The number of aliphatic hydroxyl groups is 1. The highest BCUT2D eigenvalue weighted by molar-refractivity contribution is 5.64. The lowest BCUT2D eigenvalue weighted by molar-refractivity contribution is 0.277. The number of fused-ring (bicyclic) bond motifs is 1. The van der Waals surface area contributed by atoms with Crippen LogP contribution in [0.5, 0.6) is 0 Å². The van der Waals surface area contributed by atoms with Crippen molar-refractivity contribution in [3.63, 3.8) is 0 Å². The van der Waals surface area contributed by atoms with Crippen LogP contribution >= 0.6 is 0 Å². The molecule has 21 heavy (non-hydrogen) atoms. The van der Waals surface area contributed by atoms with E-state index in [4.69, 9.17) is 5.10 Å². The summed E-state index contributed by atoms with van der Waals surface area (Å²) in [5.74, 6) is 0.264. The molecule has 108 valence electrons. The van der Waals surface area contributed by atoms with Gasteiger partial charge in [0.1, 0.15) is 0 Å². The zero-order valence-electron chi connectivity index (χ0n) is 12.5. The summed E-state index contributed by atoms with van der Waals surface area (Å²) in [6.07, 6.45) is 0. The Hall–Kier alpha value is -2.20. The first-order chi connectivity index (χ1) is 10.1. The maximum absolute atomic E-state index is 9.65. The van der Waals surface area contributed by atoms with Crippen LogP contribution in [-0.4, -0.2) is 19.7 Å². The third kappa shape index (κ3) is 2.32. The van der Waals surface area contributed by atoms with Crippen LogP contribution in [0.4, 0.5) is 0 Å². The molecule has 0 fully saturated rings. The fourth-order valence-corrected chi connectivity index (χ4v) is 2.72. The molecule has 3 rings (SSSR count). The van der Waals surface area contributed by atoms with Crippen molar-refractivity contribution in [1.82, 2.24) is 14.6 Å². The molecular weight excluding hydrogens is 262 g/mol. The summed E-state index contributed by atoms with van der Waals surface area (Å²) < 4.78 is 1.87. The number of aromatic nitrogens is 3. The molecule has 3 aromatic rings. The molecule has 0 unspecified atom stereocenters. The number of aliphatic hydroxyl groups excluding tert-OH is 1. The zero-order chi connectivity index (χ0) is 15.0. The van der Waals surface area contributed by atoms with E-state index in [2.05, 4.69) is 18.8 Å². The Morgan fingerprint density at radius 3 is 2.52 bits per heavy atom. The molecule has 4 nitrogen and oxygen atoms in total. The van der Waals surface area contributed by atoms with Crippen LogP contribution in [0.1, 0.15) is 36.7 Å². The summed E-state index contributed by atoms with van der Waals surface area (Å²) >= 11 is 0. The smallest absolute Gasteiger partial charge is 0.156 e. The van der Waals surface area contributed by atoms with E-state index in [9.17, 15) is 5.11 Å². The molecule has 0 aliphatic rings.